The van der Waals surface area contributed by atoms with Crippen LogP contribution in [0, 0.1) is 13.8 Å². The first kappa shape index (κ1) is 12.3. The lowest BCUT2D eigenvalue weighted by Crippen LogP contribution is -1.97. The minimum absolute atomic E-state index is 0.594. The lowest BCUT2D eigenvalue weighted by Gasteiger charge is -1.99. The average Bonchev–Trinajstić information content (AvgIpc) is 2.80. The van der Waals surface area contributed by atoms with E-state index in [0.717, 1.165) is 22.5 Å². The fourth-order valence-electron chi connectivity index (χ4n) is 1.95. The Morgan fingerprint density at radius 1 is 1.15 bits per heavy atom. The van der Waals surface area contributed by atoms with Crippen molar-refractivity contribution in [1.29, 1.82) is 0 Å². The Labute approximate surface area is 116 Å². The Morgan fingerprint density at radius 3 is 2.75 bits per heavy atom. The van der Waals surface area contributed by atoms with Crippen molar-refractivity contribution in [1.82, 2.24) is 9.97 Å². The molecule has 0 unspecified atom stereocenters. The van der Waals surface area contributed by atoms with Crippen LogP contribution >= 0.6 is 0 Å². The van der Waals surface area contributed by atoms with Crippen LogP contribution in [-0.2, 0) is 0 Å². The number of benzene rings is 1. The van der Waals surface area contributed by atoms with E-state index >= 15 is 0 Å². The normalized spacial score (nSPS) is 11.3. The number of nitrogens with one attached hydrogen (secondary N) is 1. The summed E-state index contributed by atoms with van der Waals surface area (Å²) < 4.78 is 5.52. The van der Waals surface area contributed by atoms with Crippen molar-refractivity contribution >= 4 is 23.0 Å². The number of aromatic nitrogens is 2. The van der Waals surface area contributed by atoms with Gasteiger partial charge in [-0.15, -0.1) is 0 Å². The highest BCUT2D eigenvalue weighted by Crippen LogP contribution is 2.19. The van der Waals surface area contributed by atoms with Gasteiger partial charge >= 0.3 is 0 Å². The molecule has 0 bridgehead atoms. The van der Waals surface area contributed by atoms with Crippen LogP contribution in [0.2, 0.25) is 0 Å². The van der Waals surface area contributed by atoms with Crippen LogP contribution in [-0.4, -0.2) is 16.2 Å². The van der Waals surface area contributed by atoms with Crippen molar-refractivity contribution in [3.8, 4) is 0 Å². The molecule has 0 radical (unpaired) electrons. The molecule has 1 aromatic carbocycles. The molecule has 3 rings (SSSR count). The first-order chi connectivity index (χ1) is 9.72. The van der Waals surface area contributed by atoms with E-state index in [0.29, 0.717) is 11.5 Å². The van der Waals surface area contributed by atoms with Crippen LogP contribution in [0.15, 0.2) is 45.9 Å². The SMILES string of the molecule is Cc1nc(C=NNc2ccccc2)c2cc(C)oc2n1. The lowest BCUT2D eigenvalue weighted by molar-refractivity contribution is 0.566. The standard InChI is InChI=1S/C15H14N4O/c1-10-8-13-14(17-11(2)18-15(13)20-10)9-16-19-12-6-4-3-5-7-12/h3-9,19H,1-2H3. The van der Waals surface area contributed by atoms with Crippen molar-refractivity contribution in [2.24, 2.45) is 5.10 Å². The molecular formula is C15H14N4O. The molecule has 0 aliphatic rings. The molecule has 0 amide bonds. The average molecular weight is 266 g/mol. The second-order valence-electron chi connectivity index (χ2n) is 4.47. The third-order valence-corrected chi connectivity index (χ3v) is 2.81. The quantitative estimate of drug-likeness (QED) is 0.583. The lowest BCUT2D eigenvalue weighted by atomic mass is 10.3. The van der Waals surface area contributed by atoms with Crippen molar-refractivity contribution in [3.05, 3.63) is 53.7 Å². The number of hydrogen-bond donors (Lipinski definition) is 1. The van der Waals surface area contributed by atoms with Crippen molar-refractivity contribution in [2.45, 2.75) is 13.8 Å². The highest BCUT2D eigenvalue weighted by atomic mass is 16.3. The second kappa shape index (κ2) is 5.13. The van der Waals surface area contributed by atoms with Crippen LogP contribution in [0.4, 0.5) is 5.69 Å². The topological polar surface area (TPSA) is 63.3 Å². The third kappa shape index (κ3) is 2.51. The molecule has 0 saturated carbocycles. The molecule has 0 aliphatic carbocycles. The number of aryl methyl sites for hydroxylation is 2. The highest BCUT2D eigenvalue weighted by molar-refractivity contribution is 5.94. The summed E-state index contributed by atoms with van der Waals surface area (Å²) in [5, 5.41) is 5.07. The predicted octanol–water partition coefficient (Wildman–Crippen LogP) is 3.29. The Balaban J connectivity index is 1.90. The minimum atomic E-state index is 0.594. The van der Waals surface area contributed by atoms with E-state index < -0.39 is 0 Å². The molecule has 0 aliphatic heterocycles. The van der Waals surface area contributed by atoms with Gasteiger partial charge in [0.25, 0.3) is 0 Å². The van der Waals surface area contributed by atoms with Gasteiger partial charge in [-0.2, -0.15) is 10.1 Å². The molecule has 2 heterocycles. The predicted molar refractivity (Wildman–Crippen MR) is 78.9 cm³/mol. The van der Waals surface area contributed by atoms with Gasteiger partial charge < -0.3 is 4.42 Å². The molecular weight excluding hydrogens is 252 g/mol. The third-order valence-electron chi connectivity index (χ3n) is 2.81. The number of hydrazone groups is 1. The molecule has 3 aromatic rings. The fourth-order valence-corrected chi connectivity index (χ4v) is 1.95. The fraction of sp³-hybridized carbons (Fsp3) is 0.133. The van der Waals surface area contributed by atoms with Gasteiger partial charge in [0.05, 0.1) is 23.0 Å². The smallest absolute Gasteiger partial charge is 0.230 e. The Bertz CT molecular complexity index is 762. The Hall–Kier alpha value is -2.69. The number of anilines is 1. The molecule has 2 aromatic heterocycles. The van der Waals surface area contributed by atoms with Gasteiger partial charge in [0, 0.05) is 0 Å². The van der Waals surface area contributed by atoms with E-state index in [1.54, 1.807) is 6.21 Å². The highest BCUT2D eigenvalue weighted by Gasteiger charge is 2.08. The summed E-state index contributed by atoms with van der Waals surface area (Å²) in [6.45, 7) is 3.72. The largest absolute Gasteiger partial charge is 0.443 e. The van der Waals surface area contributed by atoms with E-state index in [9.17, 15) is 0 Å². The summed E-state index contributed by atoms with van der Waals surface area (Å²) in [5.74, 6) is 1.47. The maximum absolute atomic E-state index is 5.52. The summed E-state index contributed by atoms with van der Waals surface area (Å²) in [5.41, 5.74) is 5.22. The summed E-state index contributed by atoms with van der Waals surface area (Å²) in [6, 6.07) is 11.7. The zero-order valence-corrected chi connectivity index (χ0v) is 11.3. The van der Waals surface area contributed by atoms with Gasteiger partial charge in [-0.1, -0.05) is 18.2 Å². The number of fused-ring (bicyclic) bond motifs is 1. The molecule has 100 valence electrons. The second-order valence-corrected chi connectivity index (χ2v) is 4.47. The van der Waals surface area contributed by atoms with Gasteiger partial charge in [-0.05, 0) is 32.0 Å². The van der Waals surface area contributed by atoms with Gasteiger partial charge in [0.1, 0.15) is 11.6 Å². The van der Waals surface area contributed by atoms with Gasteiger partial charge in [0.15, 0.2) is 0 Å². The van der Waals surface area contributed by atoms with Crippen LogP contribution < -0.4 is 5.43 Å². The van der Waals surface area contributed by atoms with E-state index in [1.165, 1.54) is 0 Å². The van der Waals surface area contributed by atoms with Gasteiger partial charge in [-0.25, -0.2) is 4.98 Å². The van der Waals surface area contributed by atoms with Crippen LogP contribution in [0.3, 0.4) is 0 Å². The molecule has 0 spiro atoms. The van der Waals surface area contributed by atoms with E-state index in [4.69, 9.17) is 4.42 Å². The Morgan fingerprint density at radius 2 is 1.95 bits per heavy atom. The maximum atomic E-state index is 5.52. The summed E-state index contributed by atoms with van der Waals surface area (Å²) >= 11 is 0. The number of furan rings is 1. The van der Waals surface area contributed by atoms with Crippen molar-refractivity contribution in [2.75, 3.05) is 5.43 Å². The van der Waals surface area contributed by atoms with Crippen LogP contribution in [0.1, 0.15) is 17.3 Å². The molecule has 0 fully saturated rings. The summed E-state index contributed by atoms with van der Waals surface area (Å²) in [7, 11) is 0. The Kier molecular flexibility index (Phi) is 3.16. The first-order valence-corrected chi connectivity index (χ1v) is 6.31. The minimum Gasteiger partial charge on any atom is -0.443 e. The monoisotopic (exact) mass is 266 g/mol. The molecule has 5 nitrogen and oxygen atoms in total. The zero-order valence-electron chi connectivity index (χ0n) is 11.3. The van der Waals surface area contributed by atoms with E-state index in [2.05, 4.69) is 20.5 Å². The molecule has 0 atom stereocenters. The van der Waals surface area contributed by atoms with E-state index in [-0.39, 0.29) is 0 Å². The van der Waals surface area contributed by atoms with Crippen LogP contribution in [0.25, 0.3) is 11.1 Å². The molecule has 0 saturated heterocycles. The summed E-state index contributed by atoms with van der Waals surface area (Å²) in [6.07, 6.45) is 1.68. The number of para-hydroxylation sites is 1. The van der Waals surface area contributed by atoms with Gasteiger partial charge in [0.2, 0.25) is 5.71 Å². The van der Waals surface area contributed by atoms with Crippen molar-refractivity contribution in [3.63, 3.8) is 0 Å². The number of hydrogen-bond acceptors (Lipinski definition) is 5. The number of nitrogens with zero attached hydrogens (tertiary/aromatic N) is 3. The zero-order chi connectivity index (χ0) is 13.9. The van der Waals surface area contributed by atoms with Gasteiger partial charge in [-0.3, -0.25) is 5.43 Å². The maximum Gasteiger partial charge on any atom is 0.230 e. The van der Waals surface area contributed by atoms with E-state index in [1.807, 2.05) is 50.2 Å². The molecule has 20 heavy (non-hydrogen) atoms. The van der Waals surface area contributed by atoms with Crippen molar-refractivity contribution < 1.29 is 4.42 Å². The molecule has 1 N–H and O–H groups in total. The first-order valence-electron chi connectivity index (χ1n) is 6.31. The molecule has 5 heteroatoms. The van der Waals surface area contributed by atoms with Crippen LogP contribution in [0.5, 0.6) is 0 Å². The summed E-state index contributed by atoms with van der Waals surface area (Å²) in [4.78, 5) is 8.65. The number of rotatable bonds is 3.